The highest BCUT2D eigenvalue weighted by atomic mass is 35.5. The van der Waals surface area contributed by atoms with Crippen molar-refractivity contribution in [1.29, 1.82) is 0 Å². The summed E-state index contributed by atoms with van der Waals surface area (Å²) < 4.78 is 0. The Morgan fingerprint density at radius 2 is 1.50 bits per heavy atom. The maximum Gasteiger partial charge on any atom is 0.323 e. The second-order valence-corrected chi connectivity index (χ2v) is 6.03. The molecule has 8 heteroatoms. The van der Waals surface area contributed by atoms with Crippen molar-refractivity contribution in [2.75, 3.05) is 10.6 Å². The number of aliphatic hydroxyl groups excluding tert-OH is 1. The molecular weight excluding hydrogens is 370 g/mol. The molecule has 0 unspecified atom stereocenters. The van der Waals surface area contributed by atoms with Crippen LogP contribution >= 0.6 is 46.4 Å². The van der Waals surface area contributed by atoms with Crippen LogP contribution in [0.4, 0.5) is 16.2 Å². The highest BCUT2D eigenvalue weighted by Crippen LogP contribution is 2.29. The number of benzene rings is 2. The van der Waals surface area contributed by atoms with Gasteiger partial charge in [-0.1, -0.05) is 46.4 Å². The number of rotatable bonds is 3. The minimum absolute atomic E-state index is 0.260. The van der Waals surface area contributed by atoms with Gasteiger partial charge in [-0.2, -0.15) is 0 Å². The summed E-state index contributed by atoms with van der Waals surface area (Å²) in [6.45, 7) is -0.339. The zero-order valence-electron chi connectivity index (χ0n) is 11.0. The predicted molar refractivity (Wildman–Crippen MR) is 91.5 cm³/mol. The Balaban J connectivity index is 2.19. The normalized spacial score (nSPS) is 10.4. The van der Waals surface area contributed by atoms with E-state index in [-0.39, 0.29) is 11.6 Å². The van der Waals surface area contributed by atoms with E-state index in [2.05, 4.69) is 10.6 Å². The second kappa shape index (κ2) is 7.40. The van der Waals surface area contributed by atoms with Crippen molar-refractivity contribution in [3.63, 3.8) is 0 Å². The van der Waals surface area contributed by atoms with E-state index in [1.54, 1.807) is 18.2 Å². The first-order valence-corrected chi connectivity index (χ1v) is 7.53. The van der Waals surface area contributed by atoms with E-state index in [9.17, 15) is 9.90 Å². The minimum Gasteiger partial charge on any atom is -0.392 e. The third-order valence-electron chi connectivity index (χ3n) is 2.69. The monoisotopic (exact) mass is 378 g/mol. The third-order valence-corrected chi connectivity index (χ3v) is 3.68. The van der Waals surface area contributed by atoms with Crippen LogP contribution in [0.5, 0.6) is 0 Å². The van der Waals surface area contributed by atoms with Gasteiger partial charge in [0.1, 0.15) is 0 Å². The van der Waals surface area contributed by atoms with Gasteiger partial charge in [0.05, 0.1) is 12.3 Å². The van der Waals surface area contributed by atoms with Crippen molar-refractivity contribution < 1.29 is 9.90 Å². The van der Waals surface area contributed by atoms with Crippen molar-refractivity contribution in [1.82, 2.24) is 0 Å². The van der Waals surface area contributed by atoms with Crippen LogP contribution in [-0.4, -0.2) is 11.1 Å². The molecule has 2 amide bonds. The number of halogens is 4. The maximum atomic E-state index is 12.0. The molecular formula is C14H10Cl4N2O2. The van der Waals surface area contributed by atoms with E-state index < -0.39 is 6.03 Å². The molecule has 116 valence electrons. The number of aliphatic hydroxyl groups is 1. The van der Waals surface area contributed by atoms with E-state index in [0.717, 1.165) is 0 Å². The van der Waals surface area contributed by atoms with Crippen LogP contribution in [-0.2, 0) is 6.61 Å². The lowest BCUT2D eigenvalue weighted by molar-refractivity contribution is 0.262. The Morgan fingerprint density at radius 1 is 0.909 bits per heavy atom. The zero-order valence-corrected chi connectivity index (χ0v) is 14.0. The number of anilines is 2. The summed E-state index contributed by atoms with van der Waals surface area (Å²) in [6.07, 6.45) is 0. The highest BCUT2D eigenvalue weighted by Gasteiger charge is 2.12. The van der Waals surface area contributed by atoms with E-state index >= 15 is 0 Å². The van der Waals surface area contributed by atoms with Crippen LogP contribution in [0.25, 0.3) is 0 Å². The zero-order chi connectivity index (χ0) is 16.3. The van der Waals surface area contributed by atoms with Gasteiger partial charge in [-0.25, -0.2) is 4.79 Å². The van der Waals surface area contributed by atoms with Crippen LogP contribution in [0.15, 0.2) is 30.3 Å². The summed E-state index contributed by atoms with van der Waals surface area (Å²) in [6, 6.07) is 7.06. The number of amides is 2. The summed E-state index contributed by atoms with van der Waals surface area (Å²) in [7, 11) is 0. The molecule has 0 spiro atoms. The average molecular weight is 380 g/mol. The van der Waals surface area contributed by atoms with Gasteiger partial charge in [0.15, 0.2) is 0 Å². The van der Waals surface area contributed by atoms with Crippen molar-refractivity contribution >= 4 is 63.8 Å². The van der Waals surface area contributed by atoms with Crippen molar-refractivity contribution in [3.8, 4) is 0 Å². The van der Waals surface area contributed by atoms with Crippen LogP contribution in [0.1, 0.15) is 5.56 Å². The molecule has 0 bridgehead atoms. The molecule has 2 aromatic rings. The van der Waals surface area contributed by atoms with Crippen LogP contribution in [0.2, 0.25) is 20.1 Å². The largest absolute Gasteiger partial charge is 0.392 e. The quantitative estimate of drug-likeness (QED) is 0.665. The molecule has 0 atom stereocenters. The van der Waals surface area contributed by atoms with Gasteiger partial charge in [0.2, 0.25) is 0 Å². The predicted octanol–water partition coefficient (Wildman–Crippen LogP) is 5.44. The van der Waals surface area contributed by atoms with Gasteiger partial charge in [0.25, 0.3) is 0 Å². The number of carbonyl (C=O) groups excluding carboxylic acids is 1. The Morgan fingerprint density at radius 3 is 2.09 bits per heavy atom. The lowest BCUT2D eigenvalue weighted by atomic mass is 10.2. The van der Waals surface area contributed by atoms with Gasteiger partial charge in [-0.05, 0) is 30.3 Å². The first kappa shape index (κ1) is 17.2. The highest BCUT2D eigenvalue weighted by molar-refractivity contribution is 6.36. The lowest BCUT2D eigenvalue weighted by Crippen LogP contribution is -2.20. The number of carbonyl (C=O) groups is 1. The van der Waals surface area contributed by atoms with E-state index in [1.165, 1.54) is 12.1 Å². The standard InChI is InChI=1S/C14H10Cl4N2O2/c15-7-1-8(16)3-10(2-7)19-14(22)20-13-5-9(17)4-12(18)11(13)6-21/h1-5,21H,6H2,(H2,19,20,22). The van der Waals surface area contributed by atoms with Gasteiger partial charge >= 0.3 is 6.03 Å². The topological polar surface area (TPSA) is 61.4 Å². The summed E-state index contributed by atoms with van der Waals surface area (Å²) in [5.74, 6) is 0. The molecule has 0 saturated carbocycles. The molecule has 4 nitrogen and oxygen atoms in total. The fourth-order valence-corrected chi connectivity index (χ4v) is 2.87. The molecule has 0 aliphatic rings. The van der Waals surface area contributed by atoms with Crippen LogP contribution in [0.3, 0.4) is 0 Å². The summed E-state index contributed by atoms with van der Waals surface area (Å²) >= 11 is 23.6. The van der Waals surface area contributed by atoms with Gasteiger partial charge in [0, 0.05) is 31.3 Å². The van der Waals surface area contributed by atoms with Gasteiger partial charge in [-0.15, -0.1) is 0 Å². The molecule has 2 aromatic carbocycles. The first-order chi connectivity index (χ1) is 10.4. The fraction of sp³-hybridized carbons (Fsp3) is 0.0714. The van der Waals surface area contributed by atoms with Crippen LogP contribution in [0, 0.1) is 0 Å². The fourth-order valence-electron chi connectivity index (χ4n) is 1.79. The summed E-state index contributed by atoms with van der Waals surface area (Å²) in [5, 5.41) is 15.9. The number of nitrogens with one attached hydrogen (secondary N) is 2. The molecule has 0 saturated heterocycles. The summed E-state index contributed by atoms with van der Waals surface area (Å²) in [4.78, 5) is 12.0. The number of hydrogen-bond acceptors (Lipinski definition) is 2. The van der Waals surface area contributed by atoms with Crippen molar-refractivity contribution in [2.45, 2.75) is 6.61 Å². The molecule has 0 radical (unpaired) electrons. The molecule has 0 fully saturated rings. The Hall–Kier alpha value is -1.17. The Bertz CT molecular complexity index is 702. The minimum atomic E-state index is -0.550. The summed E-state index contributed by atoms with van der Waals surface area (Å²) in [5.41, 5.74) is 1.10. The second-order valence-electron chi connectivity index (χ2n) is 4.31. The molecule has 0 aromatic heterocycles. The number of hydrogen-bond donors (Lipinski definition) is 3. The number of urea groups is 1. The molecule has 0 aliphatic carbocycles. The van der Waals surface area contributed by atoms with Crippen molar-refractivity contribution in [2.24, 2.45) is 0 Å². The van der Waals surface area contributed by atoms with E-state index in [0.29, 0.717) is 32.0 Å². The molecule has 2 rings (SSSR count). The van der Waals surface area contributed by atoms with Crippen molar-refractivity contribution in [3.05, 3.63) is 56.0 Å². The average Bonchev–Trinajstić information content (AvgIpc) is 2.36. The smallest absolute Gasteiger partial charge is 0.323 e. The van der Waals surface area contributed by atoms with Crippen LogP contribution < -0.4 is 10.6 Å². The molecule has 3 N–H and O–H groups in total. The van der Waals surface area contributed by atoms with E-state index in [1.807, 2.05) is 0 Å². The maximum absolute atomic E-state index is 12.0. The Labute approximate surface area is 146 Å². The SMILES string of the molecule is O=C(Nc1cc(Cl)cc(Cl)c1)Nc1cc(Cl)cc(Cl)c1CO. The molecule has 0 heterocycles. The Kier molecular flexibility index (Phi) is 5.78. The van der Waals surface area contributed by atoms with E-state index in [4.69, 9.17) is 46.4 Å². The first-order valence-electron chi connectivity index (χ1n) is 6.02. The van der Waals surface area contributed by atoms with Gasteiger partial charge < -0.3 is 15.7 Å². The third kappa shape index (κ3) is 4.41. The lowest BCUT2D eigenvalue weighted by Gasteiger charge is -2.13. The van der Waals surface area contributed by atoms with Gasteiger partial charge in [-0.3, -0.25) is 0 Å². The molecule has 22 heavy (non-hydrogen) atoms. The molecule has 0 aliphatic heterocycles.